The van der Waals surface area contributed by atoms with E-state index in [1.807, 2.05) is 13.8 Å². The highest BCUT2D eigenvalue weighted by molar-refractivity contribution is 9.10. The fourth-order valence-electron chi connectivity index (χ4n) is 2.06. The zero-order chi connectivity index (χ0) is 17.4. The van der Waals surface area contributed by atoms with Gasteiger partial charge in [-0.25, -0.2) is 0 Å². The molecule has 0 heterocycles. The van der Waals surface area contributed by atoms with Crippen molar-refractivity contribution in [1.82, 2.24) is 5.32 Å². The molecule has 2 N–H and O–H groups in total. The molecule has 1 rings (SSSR count). The summed E-state index contributed by atoms with van der Waals surface area (Å²) >= 11 is 3.43. The summed E-state index contributed by atoms with van der Waals surface area (Å²) in [5.74, 6) is 0.00769. The van der Waals surface area contributed by atoms with E-state index in [2.05, 4.69) is 21.2 Å². The lowest BCUT2D eigenvalue weighted by molar-refractivity contribution is -0.137. The first-order chi connectivity index (χ1) is 10.9. The van der Waals surface area contributed by atoms with Crippen molar-refractivity contribution in [2.24, 2.45) is 0 Å². The summed E-state index contributed by atoms with van der Waals surface area (Å²) in [5.41, 5.74) is 0.747. The molecule has 1 aromatic carbocycles. The number of carboxylic acid groups (broad SMARTS) is 1. The molecule has 0 aliphatic carbocycles. The topological polar surface area (TPSA) is 84.9 Å². The average Bonchev–Trinajstić information content (AvgIpc) is 2.43. The summed E-state index contributed by atoms with van der Waals surface area (Å²) in [5, 5.41) is 11.4. The first-order valence-corrected chi connectivity index (χ1v) is 8.25. The Hall–Kier alpha value is -1.76. The van der Waals surface area contributed by atoms with Crippen LogP contribution in [-0.4, -0.2) is 36.2 Å². The van der Waals surface area contributed by atoms with Crippen LogP contribution in [0.2, 0.25) is 0 Å². The molecule has 6 nitrogen and oxygen atoms in total. The number of nitrogens with one attached hydrogen (secondary N) is 1. The number of amides is 1. The van der Waals surface area contributed by atoms with Gasteiger partial charge in [0.25, 0.3) is 0 Å². The summed E-state index contributed by atoms with van der Waals surface area (Å²) in [6, 6.07) is 3.12. The molecule has 1 aromatic rings. The van der Waals surface area contributed by atoms with E-state index in [-0.39, 0.29) is 18.7 Å². The monoisotopic (exact) mass is 387 g/mol. The normalized spacial score (nSPS) is 11.7. The number of ether oxygens (including phenoxy) is 2. The van der Waals surface area contributed by atoms with Crippen molar-refractivity contribution in [3.63, 3.8) is 0 Å². The lowest BCUT2D eigenvalue weighted by Crippen LogP contribution is -2.35. The van der Waals surface area contributed by atoms with E-state index in [0.29, 0.717) is 24.7 Å². The van der Waals surface area contributed by atoms with Crippen molar-refractivity contribution < 1.29 is 24.2 Å². The Morgan fingerprint density at radius 2 is 1.78 bits per heavy atom. The lowest BCUT2D eigenvalue weighted by atomic mass is 10.1. The van der Waals surface area contributed by atoms with Crippen molar-refractivity contribution in [3.8, 4) is 11.5 Å². The summed E-state index contributed by atoms with van der Waals surface area (Å²) in [6.45, 7) is 6.42. The molecule has 128 valence electrons. The van der Waals surface area contributed by atoms with Gasteiger partial charge in [-0.05, 0) is 38.5 Å². The molecule has 0 fully saturated rings. The van der Waals surface area contributed by atoms with Crippen molar-refractivity contribution in [1.29, 1.82) is 0 Å². The number of carbonyl (C=O) groups excluding carboxylic acids is 1. The van der Waals surface area contributed by atoms with Crippen LogP contribution < -0.4 is 14.8 Å². The van der Waals surface area contributed by atoms with Gasteiger partial charge in [0.1, 0.15) is 0 Å². The van der Waals surface area contributed by atoms with E-state index < -0.39 is 12.0 Å². The third kappa shape index (κ3) is 6.48. The minimum absolute atomic E-state index is 0.111. The number of aliphatic carboxylic acids is 1. The van der Waals surface area contributed by atoms with Crippen molar-refractivity contribution in [2.75, 3.05) is 13.2 Å². The van der Waals surface area contributed by atoms with Gasteiger partial charge in [0.15, 0.2) is 11.5 Å². The van der Waals surface area contributed by atoms with E-state index in [9.17, 15) is 9.59 Å². The summed E-state index contributed by atoms with van der Waals surface area (Å²) in [7, 11) is 0. The predicted molar refractivity (Wildman–Crippen MR) is 90.0 cm³/mol. The Bertz CT molecular complexity index is 562. The highest BCUT2D eigenvalue weighted by atomic mass is 79.9. The number of carbonyl (C=O) groups is 2. The Balaban J connectivity index is 2.84. The summed E-state index contributed by atoms with van der Waals surface area (Å²) in [6.07, 6.45) is 0.0113. The molecule has 1 atom stereocenters. The predicted octanol–water partition coefficient (Wildman–Crippen LogP) is 2.77. The van der Waals surface area contributed by atoms with E-state index in [1.165, 1.54) is 0 Å². The zero-order valence-electron chi connectivity index (χ0n) is 13.5. The molecule has 0 radical (unpaired) electrons. The zero-order valence-corrected chi connectivity index (χ0v) is 15.1. The molecule has 0 saturated carbocycles. The van der Waals surface area contributed by atoms with Crippen molar-refractivity contribution in [3.05, 3.63) is 22.2 Å². The quantitative estimate of drug-likeness (QED) is 0.680. The third-order valence-corrected chi connectivity index (χ3v) is 3.69. The number of benzene rings is 1. The number of halogens is 1. The van der Waals surface area contributed by atoms with Gasteiger partial charge in [-0.3, -0.25) is 9.59 Å². The fourth-order valence-corrected chi connectivity index (χ4v) is 2.52. The minimum atomic E-state index is -0.946. The van der Waals surface area contributed by atoms with Crippen LogP contribution in [0.25, 0.3) is 0 Å². The highest BCUT2D eigenvalue weighted by Crippen LogP contribution is 2.34. The molecule has 0 aliphatic heterocycles. The smallest absolute Gasteiger partial charge is 0.305 e. The lowest BCUT2D eigenvalue weighted by Gasteiger charge is -2.15. The molecule has 1 amide bonds. The van der Waals surface area contributed by atoms with Crippen LogP contribution in [-0.2, 0) is 16.0 Å². The highest BCUT2D eigenvalue weighted by Gasteiger charge is 2.15. The minimum Gasteiger partial charge on any atom is -0.490 e. The molecular weight excluding hydrogens is 366 g/mol. The number of rotatable bonds is 9. The van der Waals surface area contributed by atoms with Gasteiger partial charge in [0.05, 0.1) is 26.1 Å². The molecule has 0 aromatic heterocycles. The van der Waals surface area contributed by atoms with Crippen molar-refractivity contribution in [2.45, 2.75) is 39.7 Å². The van der Waals surface area contributed by atoms with Gasteiger partial charge in [0, 0.05) is 10.5 Å². The first kappa shape index (κ1) is 19.3. The summed E-state index contributed by atoms with van der Waals surface area (Å²) < 4.78 is 11.8. The first-order valence-electron chi connectivity index (χ1n) is 7.46. The van der Waals surface area contributed by atoms with Gasteiger partial charge in [0.2, 0.25) is 5.91 Å². The second kappa shape index (κ2) is 9.39. The van der Waals surface area contributed by atoms with Crippen LogP contribution >= 0.6 is 15.9 Å². The molecule has 7 heteroatoms. The molecule has 1 unspecified atom stereocenters. The maximum atomic E-state index is 12.0. The van der Waals surface area contributed by atoms with Crippen molar-refractivity contribution >= 4 is 27.8 Å². The second-order valence-electron chi connectivity index (χ2n) is 5.00. The number of hydrogen-bond acceptors (Lipinski definition) is 4. The van der Waals surface area contributed by atoms with E-state index in [4.69, 9.17) is 14.6 Å². The van der Waals surface area contributed by atoms with Gasteiger partial charge >= 0.3 is 5.97 Å². The number of hydrogen-bond donors (Lipinski definition) is 2. The van der Waals surface area contributed by atoms with Crippen LogP contribution in [0.1, 0.15) is 32.8 Å². The Morgan fingerprint density at radius 1 is 1.22 bits per heavy atom. The molecule has 0 bridgehead atoms. The van der Waals surface area contributed by atoms with Crippen LogP contribution in [0.3, 0.4) is 0 Å². The summed E-state index contributed by atoms with van der Waals surface area (Å²) in [4.78, 5) is 22.7. The maximum absolute atomic E-state index is 12.0. The largest absolute Gasteiger partial charge is 0.490 e. The fraction of sp³-hybridized carbons (Fsp3) is 0.500. The standard InChI is InChI=1S/C16H22BrNO5/c1-4-22-13-7-11(12(17)9-14(13)23-5-2)8-15(19)18-10(3)6-16(20)21/h7,9-10H,4-6,8H2,1-3H3,(H,18,19)(H,20,21). The van der Waals surface area contributed by atoms with Crippen LogP contribution in [0.15, 0.2) is 16.6 Å². The van der Waals surface area contributed by atoms with Gasteiger partial charge < -0.3 is 19.9 Å². The Morgan fingerprint density at radius 3 is 2.30 bits per heavy atom. The van der Waals surface area contributed by atoms with Crippen LogP contribution in [0.4, 0.5) is 0 Å². The van der Waals surface area contributed by atoms with Crippen LogP contribution in [0, 0.1) is 0 Å². The number of carboxylic acids is 1. The molecule has 0 aliphatic rings. The second-order valence-corrected chi connectivity index (χ2v) is 5.85. The third-order valence-electron chi connectivity index (χ3n) is 2.95. The average molecular weight is 388 g/mol. The van der Waals surface area contributed by atoms with Gasteiger partial charge in [-0.15, -0.1) is 0 Å². The molecule has 23 heavy (non-hydrogen) atoms. The van der Waals surface area contributed by atoms with E-state index in [0.717, 1.165) is 10.0 Å². The van der Waals surface area contributed by atoms with Crippen LogP contribution in [0.5, 0.6) is 11.5 Å². The SMILES string of the molecule is CCOc1cc(Br)c(CC(=O)NC(C)CC(=O)O)cc1OCC. The molecule has 0 saturated heterocycles. The maximum Gasteiger partial charge on any atom is 0.305 e. The molecule has 0 spiro atoms. The van der Waals surface area contributed by atoms with Gasteiger partial charge in [-0.2, -0.15) is 0 Å². The van der Waals surface area contributed by atoms with E-state index >= 15 is 0 Å². The van der Waals surface area contributed by atoms with Gasteiger partial charge in [-0.1, -0.05) is 15.9 Å². The van der Waals surface area contributed by atoms with E-state index in [1.54, 1.807) is 19.1 Å². The Labute approximate surface area is 144 Å². The Kier molecular flexibility index (Phi) is 7.88. The molecular formula is C16H22BrNO5.